The molecular weight excluding hydrogens is 242 g/mol. The van der Waals surface area contributed by atoms with E-state index < -0.39 is 0 Å². The molecule has 100 valence electrons. The van der Waals surface area contributed by atoms with Crippen molar-refractivity contribution in [2.45, 2.75) is 20.4 Å². The van der Waals surface area contributed by atoms with Gasteiger partial charge in [0.1, 0.15) is 11.5 Å². The summed E-state index contributed by atoms with van der Waals surface area (Å²) in [6.45, 7) is 4.79. The third kappa shape index (κ3) is 3.66. The van der Waals surface area contributed by atoms with Crippen molar-refractivity contribution in [2.75, 3.05) is 6.61 Å². The minimum absolute atomic E-state index is 0.300. The maximum Gasteiger partial charge on any atom is 0.322 e. The van der Waals surface area contributed by atoms with Crippen LogP contribution in [0.3, 0.4) is 0 Å². The maximum atomic E-state index is 5.63. The number of hydrogen-bond acceptors (Lipinski definition) is 5. The lowest BCUT2D eigenvalue weighted by Crippen LogP contribution is -2.03. The average Bonchev–Trinajstić information content (AvgIpc) is 2.39. The van der Waals surface area contributed by atoms with Crippen LogP contribution in [0.15, 0.2) is 30.3 Å². The Labute approximate surface area is 112 Å². The Hall–Kier alpha value is -2.14. The minimum Gasteiger partial charge on any atom is -0.494 e. The number of aromatic nitrogens is 2. The zero-order valence-corrected chi connectivity index (χ0v) is 11.1. The molecule has 0 spiro atoms. The van der Waals surface area contributed by atoms with Crippen LogP contribution >= 0.6 is 0 Å². The molecule has 0 amide bonds. The molecule has 5 nitrogen and oxygen atoms in total. The summed E-state index contributed by atoms with van der Waals surface area (Å²) in [5, 5.41) is 0. The van der Waals surface area contributed by atoms with Gasteiger partial charge in [0.05, 0.1) is 12.3 Å². The zero-order valence-electron chi connectivity index (χ0n) is 11.1. The monoisotopic (exact) mass is 259 g/mol. The van der Waals surface area contributed by atoms with Gasteiger partial charge < -0.3 is 15.2 Å². The van der Waals surface area contributed by atoms with Crippen LogP contribution in [0.25, 0.3) is 0 Å². The zero-order chi connectivity index (χ0) is 13.7. The Morgan fingerprint density at radius 3 is 2.68 bits per heavy atom. The summed E-state index contributed by atoms with van der Waals surface area (Å²) in [5.74, 6) is 1.39. The molecule has 1 aromatic carbocycles. The Balaban J connectivity index is 2.20. The molecule has 1 heterocycles. The second kappa shape index (κ2) is 6.15. The molecule has 0 aliphatic heterocycles. The second-order valence-corrected chi connectivity index (χ2v) is 4.00. The summed E-state index contributed by atoms with van der Waals surface area (Å²) in [7, 11) is 0. The Kier molecular flexibility index (Phi) is 4.30. The van der Waals surface area contributed by atoms with Gasteiger partial charge in [-0.05, 0) is 32.0 Å². The minimum atomic E-state index is 0.300. The van der Waals surface area contributed by atoms with Crippen molar-refractivity contribution in [3.05, 3.63) is 41.7 Å². The molecule has 0 saturated heterocycles. The highest BCUT2D eigenvalue weighted by molar-refractivity contribution is 5.34. The molecule has 0 fully saturated rings. The standard InChI is InChI=1S/C14H17N3O2/c1-3-18-12-5-4-6-13(8-12)19-14-16-10(2)7-11(9-15)17-14/h4-8H,3,9,15H2,1-2H3. The number of ether oxygens (including phenoxy) is 2. The first-order valence-electron chi connectivity index (χ1n) is 6.16. The smallest absolute Gasteiger partial charge is 0.322 e. The average molecular weight is 259 g/mol. The summed E-state index contributed by atoms with van der Waals surface area (Å²) in [4.78, 5) is 8.45. The quantitative estimate of drug-likeness (QED) is 0.893. The third-order valence-corrected chi connectivity index (χ3v) is 2.42. The molecule has 5 heteroatoms. The molecule has 2 rings (SSSR count). The van der Waals surface area contributed by atoms with E-state index in [4.69, 9.17) is 15.2 Å². The summed E-state index contributed by atoms with van der Waals surface area (Å²) >= 11 is 0. The Morgan fingerprint density at radius 1 is 1.16 bits per heavy atom. The van der Waals surface area contributed by atoms with E-state index in [1.54, 1.807) is 6.07 Å². The van der Waals surface area contributed by atoms with Crippen molar-refractivity contribution in [1.29, 1.82) is 0 Å². The van der Waals surface area contributed by atoms with Gasteiger partial charge in [-0.3, -0.25) is 0 Å². The predicted octanol–water partition coefficient (Wildman–Crippen LogP) is 2.43. The van der Waals surface area contributed by atoms with E-state index in [-0.39, 0.29) is 0 Å². The molecule has 0 saturated carbocycles. The Morgan fingerprint density at radius 2 is 1.95 bits per heavy atom. The van der Waals surface area contributed by atoms with Gasteiger partial charge in [0.25, 0.3) is 0 Å². The third-order valence-electron chi connectivity index (χ3n) is 2.42. The summed E-state index contributed by atoms with van der Waals surface area (Å²) < 4.78 is 11.0. The molecule has 0 unspecified atom stereocenters. The van der Waals surface area contributed by atoms with Crippen molar-refractivity contribution in [1.82, 2.24) is 9.97 Å². The van der Waals surface area contributed by atoms with Crippen molar-refractivity contribution in [2.24, 2.45) is 5.73 Å². The highest BCUT2D eigenvalue weighted by Gasteiger charge is 2.05. The summed E-state index contributed by atoms with van der Waals surface area (Å²) in [6, 6.07) is 9.50. The maximum absolute atomic E-state index is 5.63. The molecule has 1 aromatic heterocycles. The topological polar surface area (TPSA) is 70.3 Å². The molecule has 0 radical (unpaired) electrons. The molecule has 2 N–H and O–H groups in total. The van der Waals surface area contributed by atoms with Gasteiger partial charge in [0.15, 0.2) is 0 Å². The second-order valence-electron chi connectivity index (χ2n) is 4.00. The van der Waals surface area contributed by atoms with Gasteiger partial charge in [0.2, 0.25) is 0 Å². The van der Waals surface area contributed by atoms with E-state index in [0.717, 1.165) is 17.1 Å². The molecule has 19 heavy (non-hydrogen) atoms. The molecule has 2 aromatic rings. The number of aryl methyl sites for hydroxylation is 1. The van der Waals surface area contributed by atoms with Crippen molar-refractivity contribution in [3.63, 3.8) is 0 Å². The van der Waals surface area contributed by atoms with E-state index in [2.05, 4.69) is 9.97 Å². The molecule has 0 bridgehead atoms. The van der Waals surface area contributed by atoms with Gasteiger partial charge in [-0.2, -0.15) is 4.98 Å². The molecule has 0 atom stereocenters. The summed E-state index contributed by atoms with van der Waals surface area (Å²) in [6.07, 6.45) is 0. The van der Waals surface area contributed by atoms with Gasteiger partial charge >= 0.3 is 6.01 Å². The number of nitrogens with zero attached hydrogens (tertiary/aromatic N) is 2. The lowest BCUT2D eigenvalue weighted by atomic mass is 10.3. The lowest BCUT2D eigenvalue weighted by molar-refractivity contribution is 0.337. The van der Waals surface area contributed by atoms with Crippen molar-refractivity contribution < 1.29 is 9.47 Å². The first-order chi connectivity index (χ1) is 9.21. The lowest BCUT2D eigenvalue weighted by Gasteiger charge is -2.08. The van der Waals surface area contributed by atoms with Gasteiger partial charge in [-0.1, -0.05) is 6.07 Å². The largest absolute Gasteiger partial charge is 0.494 e. The SMILES string of the molecule is CCOc1cccc(Oc2nc(C)cc(CN)n2)c1. The van der Waals surface area contributed by atoms with Crippen LogP contribution in [-0.2, 0) is 6.54 Å². The van der Waals surface area contributed by atoms with Crippen LogP contribution in [0.1, 0.15) is 18.3 Å². The van der Waals surface area contributed by atoms with Gasteiger partial charge in [-0.25, -0.2) is 4.98 Å². The Bertz CT molecular complexity index is 558. The van der Waals surface area contributed by atoms with Crippen LogP contribution in [0.2, 0.25) is 0 Å². The molecule has 0 aliphatic carbocycles. The predicted molar refractivity (Wildman–Crippen MR) is 72.3 cm³/mol. The molecule has 0 aliphatic rings. The fraction of sp³-hybridized carbons (Fsp3) is 0.286. The first kappa shape index (κ1) is 13.3. The van der Waals surface area contributed by atoms with Gasteiger partial charge in [0, 0.05) is 18.3 Å². The van der Waals surface area contributed by atoms with E-state index in [9.17, 15) is 0 Å². The molecular formula is C14H17N3O2. The highest BCUT2D eigenvalue weighted by atomic mass is 16.5. The fourth-order valence-electron chi connectivity index (χ4n) is 1.65. The van der Waals surface area contributed by atoms with Crippen molar-refractivity contribution in [3.8, 4) is 17.5 Å². The first-order valence-corrected chi connectivity index (χ1v) is 6.16. The van der Waals surface area contributed by atoms with Crippen LogP contribution in [0.5, 0.6) is 17.5 Å². The van der Waals surface area contributed by atoms with E-state index >= 15 is 0 Å². The van der Waals surface area contributed by atoms with E-state index in [1.165, 1.54) is 0 Å². The van der Waals surface area contributed by atoms with Crippen LogP contribution in [0.4, 0.5) is 0 Å². The number of nitrogens with two attached hydrogens (primary N) is 1. The highest BCUT2D eigenvalue weighted by Crippen LogP contribution is 2.23. The number of rotatable bonds is 5. The summed E-state index contributed by atoms with van der Waals surface area (Å²) in [5.41, 5.74) is 7.16. The number of hydrogen-bond donors (Lipinski definition) is 1. The van der Waals surface area contributed by atoms with E-state index in [0.29, 0.717) is 24.9 Å². The number of benzene rings is 1. The normalized spacial score (nSPS) is 10.3. The van der Waals surface area contributed by atoms with Crippen LogP contribution in [-0.4, -0.2) is 16.6 Å². The van der Waals surface area contributed by atoms with Crippen molar-refractivity contribution >= 4 is 0 Å². The van der Waals surface area contributed by atoms with Gasteiger partial charge in [-0.15, -0.1) is 0 Å². The van der Waals surface area contributed by atoms with E-state index in [1.807, 2.05) is 38.1 Å². The van der Waals surface area contributed by atoms with Crippen LogP contribution in [0, 0.1) is 6.92 Å². The fourth-order valence-corrected chi connectivity index (χ4v) is 1.65. The van der Waals surface area contributed by atoms with Crippen LogP contribution < -0.4 is 15.2 Å².